The largest absolute Gasteiger partial charge is 0.487 e. The van der Waals surface area contributed by atoms with Gasteiger partial charge in [0.25, 0.3) is 0 Å². The standard InChI is InChI=1S/C16H19N3O5S/c1-16(2)8-11(10-6-4-5-7-12(10)24-16)18-25(22,23)13-9-17-19(3)14(13)15(20)21/h4-7,9,11,18H,8H2,1-3H3,(H,20,21). The molecule has 1 aliphatic heterocycles. The lowest BCUT2D eigenvalue weighted by molar-refractivity contribution is 0.0675. The fourth-order valence-corrected chi connectivity index (χ4v) is 4.39. The molecule has 1 aromatic carbocycles. The fraction of sp³-hybridized carbons (Fsp3) is 0.375. The molecule has 134 valence electrons. The first-order valence-electron chi connectivity index (χ1n) is 7.66. The van der Waals surface area contributed by atoms with Crippen LogP contribution in [0.2, 0.25) is 0 Å². The van der Waals surface area contributed by atoms with E-state index in [0.29, 0.717) is 17.7 Å². The van der Waals surface area contributed by atoms with E-state index in [4.69, 9.17) is 4.74 Å². The molecule has 1 aromatic heterocycles. The fourth-order valence-electron chi connectivity index (χ4n) is 3.02. The Bertz CT molecular complexity index is 933. The molecule has 0 fully saturated rings. The molecule has 8 nitrogen and oxygen atoms in total. The zero-order valence-corrected chi connectivity index (χ0v) is 14.9. The first-order chi connectivity index (χ1) is 11.6. The molecule has 0 radical (unpaired) electrons. The van der Waals surface area contributed by atoms with Crippen molar-refractivity contribution < 1.29 is 23.1 Å². The summed E-state index contributed by atoms with van der Waals surface area (Å²) in [4.78, 5) is 11.0. The minimum absolute atomic E-state index is 0.357. The molecule has 1 aliphatic rings. The number of carbonyl (C=O) groups is 1. The molecule has 0 aliphatic carbocycles. The Morgan fingerprint density at radius 1 is 1.40 bits per heavy atom. The summed E-state index contributed by atoms with van der Waals surface area (Å²) in [6.45, 7) is 3.74. The number of aromatic nitrogens is 2. The maximum Gasteiger partial charge on any atom is 0.355 e. The molecule has 3 rings (SSSR count). The molecule has 0 spiro atoms. The van der Waals surface area contributed by atoms with Crippen LogP contribution >= 0.6 is 0 Å². The molecule has 2 N–H and O–H groups in total. The van der Waals surface area contributed by atoms with Gasteiger partial charge in [-0.2, -0.15) is 5.10 Å². The van der Waals surface area contributed by atoms with Crippen LogP contribution < -0.4 is 9.46 Å². The van der Waals surface area contributed by atoms with E-state index in [1.807, 2.05) is 19.9 Å². The van der Waals surface area contributed by atoms with Crippen molar-refractivity contribution in [2.24, 2.45) is 7.05 Å². The summed E-state index contributed by atoms with van der Waals surface area (Å²) in [6, 6.07) is 6.65. The predicted molar refractivity (Wildman–Crippen MR) is 89.0 cm³/mol. The average molecular weight is 365 g/mol. The number of hydrogen-bond donors (Lipinski definition) is 2. The third-order valence-electron chi connectivity index (χ3n) is 4.07. The summed E-state index contributed by atoms with van der Waals surface area (Å²) in [5.41, 5.74) is -0.232. The van der Waals surface area contributed by atoms with Gasteiger partial charge in [-0.1, -0.05) is 18.2 Å². The molecule has 0 amide bonds. The lowest BCUT2D eigenvalue weighted by Crippen LogP contribution is -2.41. The number of nitrogens with one attached hydrogen (secondary N) is 1. The number of hydrogen-bond acceptors (Lipinski definition) is 5. The van der Waals surface area contributed by atoms with E-state index in [1.165, 1.54) is 7.05 Å². The van der Waals surface area contributed by atoms with Crippen molar-refractivity contribution in [2.45, 2.75) is 36.8 Å². The maximum absolute atomic E-state index is 12.8. The van der Waals surface area contributed by atoms with Crippen LogP contribution in [0.25, 0.3) is 0 Å². The summed E-state index contributed by atoms with van der Waals surface area (Å²) >= 11 is 0. The van der Waals surface area contributed by atoms with Gasteiger partial charge in [0.15, 0.2) is 5.69 Å². The van der Waals surface area contributed by atoms with Crippen LogP contribution in [0, 0.1) is 0 Å². The number of aryl methyl sites for hydroxylation is 1. The van der Waals surface area contributed by atoms with Crippen LogP contribution in [-0.2, 0) is 17.1 Å². The van der Waals surface area contributed by atoms with E-state index in [1.54, 1.807) is 18.2 Å². The summed E-state index contributed by atoms with van der Waals surface area (Å²) in [6.07, 6.45) is 1.45. The van der Waals surface area contributed by atoms with Crippen LogP contribution in [-0.4, -0.2) is 34.9 Å². The summed E-state index contributed by atoms with van der Waals surface area (Å²) < 4.78 is 35.1. The van der Waals surface area contributed by atoms with Crippen molar-refractivity contribution in [3.05, 3.63) is 41.7 Å². The second-order valence-electron chi connectivity index (χ2n) is 6.56. The van der Waals surface area contributed by atoms with Gasteiger partial charge in [-0.15, -0.1) is 0 Å². The number of benzene rings is 1. The number of rotatable bonds is 4. The van der Waals surface area contributed by atoms with Gasteiger partial charge in [-0.05, 0) is 19.9 Å². The number of sulfonamides is 1. The zero-order chi connectivity index (χ0) is 18.4. The Morgan fingerprint density at radius 3 is 2.76 bits per heavy atom. The van der Waals surface area contributed by atoms with Gasteiger partial charge in [-0.25, -0.2) is 17.9 Å². The van der Waals surface area contributed by atoms with E-state index < -0.39 is 27.6 Å². The highest BCUT2D eigenvalue weighted by Gasteiger charge is 2.37. The van der Waals surface area contributed by atoms with Crippen molar-refractivity contribution in [2.75, 3.05) is 0 Å². The van der Waals surface area contributed by atoms with Crippen molar-refractivity contribution in [3.8, 4) is 5.75 Å². The number of fused-ring (bicyclic) bond motifs is 1. The maximum atomic E-state index is 12.8. The van der Waals surface area contributed by atoms with Crippen LogP contribution in [0.3, 0.4) is 0 Å². The Morgan fingerprint density at radius 2 is 2.08 bits per heavy atom. The highest BCUT2D eigenvalue weighted by molar-refractivity contribution is 7.89. The molecule has 2 aromatic rings. The van der Waals surface area contributed by atoms with E-state index >= 15 is 0 Å². The Balaban J connectivity index is 2.01. The Kier molecular flexibility index (Phi) is 4.08. The van der Waals surface area contributed by atoms with Gasteiger partial charge < -0.3 is 9.84 Å². The van der Waals surface area contributed by atoms with E-state index in [9.17, 15) is 18.3 Å². The predicted octanol–water partition coefficient (Wildman–Crippen LogP) is 1.70. The summed E-state index contributed by atoms with van der Waals surface area (Å²) in [7, 11) is -2.69. The smallest absolute Gasteiger partial charge is 0.355 e. The number of aromatic carboxylic acids is 1. The van der Waals surface area contributed by atoms with Crippen molar-refractivity contribution in [1.29, 1.82) is 0 Å². The average Bonchev–Trinajstić information content (AvgIpc) is 2.88. The van der Waals surface area contributed by atoms with Crippen molar-refractivity contribution in [3.63, 3.8) is 0 Å². The minimum Gasteiger partial charge on any atom is -0.487 e. The van der Waals surface area contributed by atoms with Crippen LogP contribution in [0.1, 0.15) is 42.4 Å². The number of para-hydroxylation sites is 1. The van der Waals surface area contributed by atoms with Gasteiger partial charge >= 0.3 is 5.97 Å². The summed E-state index contributed by atoms with van der Waals surface area (Å²) in [5.74, 6) is -0.746. The minimum atomic E-state index is -4.08. The van der Waals surface area contributed by atoms with E-state index in [2.05, 4.69) is 9.82 Å². The molecular formula is C16H19N3O5S. The molecule has 0 saturated heterocycles. The number of carboxylic acids is 1. The highest BCUT2D eigenvalue weighted by Crippen LogP contribution is 2.40. The van der Waals surface area contributed by atoms with Gasteiger partial charge in [0.05, 0.1) is 12.2 Å². The molecule has 0 bridgehead atoms. The molecule has 1 atom stereocenters. The number of nitrogens with zero attached hydrogens (tertiary/aromatic N) is 2. The van der Waals surface area contributed by atoms with Crippen LogP contribution in [0.4, 0.5) is 0 Å². The third-order valence-corrected chi connectivity index (χ3v) is 5.54. The normalized spacial score (nSPS) is 19.1. The van der Waals surface area contributed by atoms with Crippen LogP contribution in [0.5, 0.6) is 5.75 Å². The number of carboxylic acid groups (broad SMARTS) is 1. The lowest BCUT2D eigenvalue weighted by Gasteiger charge is -2.37. The molecule has 25 heavy (non-hydrogen) atoms. The first kappa shape index (κ1) is 17.4. The molecule has 9 heteroatoms. The topological polar surface area (TPSA) is 111 Å². The quantitative estimate of drug-likeness (QED) is 0.853. The molecular weight excluding hydrogens is 346 g/mol. The SMILES string of the molecule is Cn1ncc(S(=O)(=O)NC2CC(C)(C)Oc3ccccc32)c1C(=O)O. The molecule has 1 unspecified atom stereocenters. The van der Waals surface area contributed by atoms with Crippen molar-refractivity contribution in [1.82, 2.24) is 14.5 Å². The van der Waals surface area contributed by atoms with Gasteiger partial charge in [0.1, 0.15) is 16.2 Å². The first-order valence-corrected chi connectivity index (χ1v) is 9.14. The van der Waals surface area contributed by atoms with Gasteiger partial charge in [-0.3, -0.25) is 4.68 Å². The monoisotopic (exact) mass is 365 g/mol. The van der Waals surface area contributed by atoms with Gasteiger partial charge in [0.2, 0.25) is 10.0 Å². The summed E-state index contributed by atoms with van der Waals surface area (Å²) in [5, 5.41) is 13.0. The Labute approximate surface area is 145 Å². The molecule has 2 heterocycles. The lowest BCUT2D eigenvalue weighted by atomic mass is 9.90. The third kappa shape index (κ3) is 3.24. The number of ether oxygens (including phenoxy) is 1. The second-order valence-corrected chi connectivity index (χ2v) is 8.25. The van der Waals surface area contributed by atoms with Crippen molar-refractivity contribution >= 4 is 16.0 Å². The highest BCUT2D eigenvalue weighted by atomic mass is 32.2. The molecule has 0 saturated carbocycles. The van der Waals surface area contributed by atoms with E-state index in [0.717, 1.165) is 10.9 Å². The Hall–Kier alpha value is -2.39. The second kappa shape index (κ2) is 5.85. The van der Waals surface area contributed by atoms with E-state index in [-0.39, 0.29) is 10.6 Å². The van der Waals surface area contributed by atoms with Crippen LogP contribution in [0.15, 0.2) is 35.4 Å². The zero-order valence-electron chi connectivity index (χ0n) is 14.1. The van der Waals surface area contributed by atoms with Gasteiger partial charge in [0, 0.05) is 19.0 Å².